The second-order valence-corrected chi connectivity index (χ2v) is 9.95. The number of anilines is 2. The van der Waals surface area contributed by atoms with E-state index in [9.17, 15) is 18.0 Å². The minimum absolute atomic E-state index is 0.278. The highest BCUT2D eigenvalue weighted by Gasteiger charge is 2.33. The zero-order chi connectivity index (χ0) is 27.7. The van der Waals surface area contributed by atoms with E-state index in [-0.39, 0.29) is 5.91 Å². The number of hydrogen-bond acceptors (Lipinski definition) is 5. The maximum atomic E-state index is 13.5. The molecule has 1 aromatic heterocycles. The Labute approximate surface area is 233 Å². The molecular weight excluding hydrogens is 549 g/mol. The van der Waals surface area contributed by atoms with Gasteiger partial charge in [0.05, 0.1) is 17.0 Å². The minimum atomic E-state index is -4.43. The van der Waals surface area contributed by atoms with Crippen LogP contribution in [-0.2, 0) is 11.0 Å². The summed E-state index contributed by atoms with van der Waals surface area (Å²) in [4.78, 5) is 27.6. The zero-order valence-electron chi connectivity index (χ0n) is 20.8. The third-order valence-electron chi connectivity index (χ3n) is 6.67. The number of nitrogens with zero attached hydrogens (tertiary/aromatic N) is 5. The summed E-state index contributed by atoms with van der Waals surface area (Å²) in [5.74, 6) is 0.190. The summed E-state index contributed by atoms with van der Waals surface area (Å²) in [5, 5.41) is 4.01. The van der Waals surface area contributed by atoms with E-state index in [2.05, 4.69) is 10.3 Å². The summed E-state index contributed by atoms with van der Waals surface area (Å²) in [6.07, 6.45) is -4.56. The maximum absolute atomic E-state index is 13.5. The third kappa shape index (κ3) is 5.69. The first-order valence-corrected chi connectivity index (χ1v) is 12.9. The van der Waals surface area contributed by atoms with E-state index in [1.807, 2.05) is 40.1 Å². The van der Waals surface area contributed by atoms with Crippen LogP contribution in [0.25, 0.3) is 0 Å². The Morgan fingerprint density at radius 1 is 1.05 bits per heavy atom. The number of pyridine rings is 1. The number of likely N-dealkylation sites (N-methyl/N-ethyl adjacent to an activating group) is 1. The number of rotatable bonds is 3. The van der Waals surface area contributed by atoms with Crippen molar-refractivity contribution in [3.05, 3.63) is 88.6 Å². The molecule has 202 valence electrons. The first-order valence-electron chi connectivity index (χ1n) is 12.2. The van der Waals surface area contributed by atoms with Crippen molar-refractivity contribution in [1.29, 1.82) is 0 Å². The first kappa shape index (κ1) is 26.9. The monoisotopic (exact) mass is 572 g/mol. The standard InChI is InChI=1S/C27H24ClF3N6OS/c1-35-21-9-8-19(28)15-20(21)23(17-5-3-2-4-6-17)33-24(25(35)38)34-26(39)37-13-11-36(12-14-37)22-10-7-18(16-32-22)27(29,30)31/h2-10,15-16,24H,11-14H2,1H3,(H,34,39). The number of thiocarbonyl (C=S) groups is 1. The van der Waals surface area contributed by atoms with E-state index in [1.165, 1.54) is 6.07 Å². The molecule has 1 unspecified atom stereocenters. The van der Waals surface area contributed by atoms with Crippen molar-refractivity contribution in [2.24, 2.45) is 4.99 Å². The second kappa shape index (κ2) is 10.8. The van der Waals surface area contributed by atoms with Crippen molar-refractivity contribution in [2.75, 3.05) is 43.0 Å². The van der Waals surface area contributed by atoms with Gasteiger partial charge in [-0.05, 0) is 42.5 Å². The van der Waals surface area contributed by atoms with Crippen molar-refractivity contribution >= 4 is 52.1 Å². The van der Waals surface area contributed by atoms with E-state index in [0.717, 1.165) is 23.4 Å². The molecule has 1 atom stereocenters. The number of aromatic nitrogens is 1. The molecule has 0 radical (unpaired) electrons. The van der Waals surface area contributed by atoms with Gasteiger partial charge in [-0.25, -0.2) is 9.98 Å². The fraction of sp³-hybridized carbons (Fsp3) is 0.259. The van der Waals surface area contributed by atoms with Gasteiger partial charge >= 0.3 is 6.18 Å². The SMILES string of the molecule is CN1C(=O)C(NC(=S)N2CCN(c3ccc(C(F)(F)F)cn3)CC2)N=C(c2ccccc2)c2cc(Cl)ccc21. The van der Waals surface area contributed by atoms with Crippen LogP contribution in [0.5, 0.6) is 0 Å². The van der Waals surface area contributed by atoms with Crippen molar-refractivity contribution in [3.8, 4) is 0 Å². The van der Waals surface area contributed by atoms with Gasteiger partial charge < -0.3 is 20.0 Å². The highest BCUT2D eigenvalue weighted by atomic mass is 35.5. The Bertz CT molecular complexity index is 1410. The molecule has 1 amide bonds. The highest BCUT2D eigenvalue weighted by molar-refractivity contribution is 7.80. The van der Waals surface area contributed by atoms with Crippen LogP contribution in [0.15, 0.2) is 71.9 Å². The van der Waals surface area contributed by atoms with Crippen molar-refractivity contribution in [1.82, 2.24) is 15.2 Å². The molecule has 1 N–H and O–H groups in total. The van der Waals surface area contributed by atoms with Gasteiger partial charge in [-0.2, -0.15) is 13.2 Å². The summed E-state index contributed by atoms with van der Waals surface area (Å²) in [6, 6.07) is 17.3. The molecule has 3 heterocycles. The lowest BCUT2D eigenvalue weighted by molar-refractivity contribution is -0.137. The van der Waals surface area contributed by atoms with Crippen molar-refractivity contribution in [2.45, 2.75) is 12.3 Å². The van der Waals surface area contributed by atoms with Gasteiger partial charge in [0.2, 0.25) is 6.17 Å². The minimum Gasteiger partial charge on any atom is -0.353 e. The van der Waals surface area contributed by atoms with E-state index in [1.54, 1.807) is 30.1 Å². The number of hydrogen-bond donors (Lipinski definition) is 1. The van der Waals surface area contributed by atoms with E-state index < -0.39 is 17.9 Å². The van der Waals surface area contributed by atoms with Crippen LogP contribution in [0.2, 0.25) is 5.02 Å². The molecule has 1 fully saturated rings. The predicted octanol–water partition coefficient (Wildman–Crippen LogP) is 4.59. The zero-order valence-corrected chi connectivity index (χ0v) is 22.4. The number of fused-ring (bicyclic) bond motifs is 1. The molecule has 2 aliphatic heterocycles. The number of nitrogens with one attached hydrogen (secondary N) is 1. The average molecular weight is 573 g/mol. The molecule has 0 aliphatic carbocycles. The fourth-order valence-electron chi connectivity index (χ4n) is 4.55. The molecule has 2 aromatic carbocycles. The van der Waals surface area contributed by atoms with Gasteiger partial charge in [0.1, 0.15) is 5.82 Å². The Balaban J connectivity index is 1.32. The van der Waals surface area contributed by atoms with Gasteiger partial charge in [0, 0.05) is 55.6 Å². The van der Waals surface area contributed by atoms with Crippen LogP contribution < -0.4 is 15.1 Å². The smallest absolute Gasteiger partial charge is 0.353 e. The quantitative estimate of drug-likeness (QED) is 0.463. The number of amides is 1. The molecule has 0 bridgehead atoms. The number of carbonyl (C=O) groups excluding carboxylic acids is 1. The van der Waals surface area contributed by atoms with Gasteiger partial charge in [0.25, 0.3) is 5.91 Å². The molecule has 0 saturated carbocycles. The Kier molecular flexibility index (Phi) is 7.46. The average Bonchev–Trinajstić information content (AvgIpc) is 3.03. The summed E-state index contributed by atoms with van der Waals surface area (Å²) >= 11 is 12.0. The molecule has 1 saturated heterocycles. The van der Waals surface area contributed by atoms with Gasteiger partial charge in [-0.1, -0.05) is 41.9 Å². The van der Waals surface area contributed by atoms with E-state index in [0.29, 0.717) is 53.5 Å². The summed E-state index contributed by atoms with van der Waals surface area (Å²) < 4.78 is 38.6. The highest BCUT2D eigenvalue weighted by Crippen LogP contribution is 2.31. The fourth-order valence-corrected chi connectivity index (χ4v) is 5.02. The summed E-state index contributed by atoms with van der Waals surface area (Å²) in [6.45, 7) is 2.00. The number of benzene rings is 2. The Morgan fingerprint density at radius 2 is 1.77 bits per heavy atom. The van der Waals surface area contributed by atoms with Crippen LogP contribution in [0, 0.1) is 0 Å². The lowest BCUT2D eigenvalue weighted by atomic mass is 10.0. The number of benzodiazepines with no additional fused rings is 1. The van der Waals surface area contributed by atoms with E-state index in [4.69, 9.17) is 28.8 Å². The lowest BCUT2D eigenvalue weighted by Crippen LogP contribution is -2.55. The second-order valence-electron chi connectivity index (χ2n) is 9.13. The molecule has 7 nitrogen and oxygen atoms in total. The lowest BCUT2D eigenvalue weighted by Gasteiger charge is -2.37. The molecule has 39 heavy (non-hydrogen) atoms. The van der Waals surface area contributed by atoms with Gasteiger partial charge in [0.15, 0.2) is 5.11 Å². The third-order valence-corrected chi connectivity index (χ3v) is 7.28. The first-order chi connectivity index (χ1) is 18.6. The van der Waals surface area contributed by atoms with Crippen molar-refractivity contribution < 1.29 is 18.0 Å². The normalized spacial score (nSPS) is 17.9. The summed E-state index contributed by atoms with van der Waals surface area (Å²) in [5.41, 5.74) is 2.08. The maximum Gasteiger partial charge on any atom is 0.417 e. The number of halogens is 4. The van der Waals surface area contributed by atoms with Crippen molar-refractivity contribution in [3.63, 3.8) is 0 Å². The Hall–Kier alpha value is -3.70. The largest absolute Gasteiger partial charge is 0.417 e. The summed E-state index contributed by atoms with van der Waals surface area (Å²) in [7, 11) is 1.69. The molecular formula is C27H24ClF3N6OS. The molecule has 0 spiro atoms. The van der Waals surface area contributed by atoms with Crippen LogP contribution in [0.3, 0.4) is 0 Å². The number of carbonyl (C=O) groups is 1. The van der Waals surface area contributed by atoms with Crippen LogP contribution >= 0.6 is 23.8 Å². The van der Waals surface area contributed by atoms with Crippen LogP contribution in [0.1, 0.15) is 16.7 Å². The molecule has 12 heteroatoms. The van der Waals surface area contributed by atoms with Gasteiger partial charge in [-0.3, -0.25) is 4.79 Å². The predicted molar refractivity (Wildman–Crippen MR) is 149 cm³/mol. The molecule has 3 aromatic rings. The van der Waals surface area contributed by atoms with E-state index >= 15 is 0 Å². The van der Waals surface area contributed by atoms with Gasteiger partial charge in [-0.15, -0.1) is 0 Å². The molecule has 5 rings (SSSR count). The van der Waals surface area contributed by atoms with Crippen LogP contribution in [0.4, 0.5) is 24.7 Å². The number of alkyl halides is 3. The van der Waals surface area contributed by atoms with Crippen LogP contribution in [-0.4, -0.2) is 66.0 Å². The number of piperazine rings is 1. The Morgan fingerprint density at radius 3 is 2.41 bits per heavy atom. The topological polar surface area (TPSA) is 64.1 Å². The number of aliphatic imine (C=N–C) groups is 1. The molecule has 2 aliphatic rings.